The van der Waals surface area contributed by atoms with E-state index in [1.165, 1.54) is 62.6 Å². The zero-order valence-electron chi connectivity index (χ0n) is 24.7. The lowest BCUT2D eigenvalue weighted by molar-refractivity contribution is 1.47. The van der Waals surface area contributed by atoms with Crippen LogP contribution in [0.25, 0.3) is 84.9 Å². The minimum Gasteiger partial charge on any atom is -0.192 e. The Kier molecular flexibility index (Phi) is 6.31. The summed E-state index contributed by atoms with van der Waals surface area (Å²) >= 11 is 3.69. The minimum absolute atomic E-state index is 0.677. The first kappa shape index (κ1) is 26.8. The van der Waals surface area contributed by atoms with Gasteiger partial charge in [0.15, 0.2) is 0 Å². The molecule has 0 N–H and O–H groups in total. The highest BCUT2D eigenvalue weighted by molar-refractivity contribution is 7.26. The van der Waals surface area contributed by atoms with Gasteiger partial charge in [-0.2, -0.15) is 5.26 Å². The number of nitriles is 1. The van der Waals surface area contributed by atoms with Crippen LogP contribution in [-0.4, -0.2) is 0 Å². The van der Waals surface area contributed by atoms with Gasteiger partial charge in [-0.3, -0.25) is 0 Å². The van der Waals surface area contributed by atoms with Crippen molar-refractivity contribution in [2.24, 2.45) is 0 Å². The molecular formula is C43H25NS2. The number of fused-ring (bicyclic) bond motifs is 6. The SMILES string of the molecule is N#Cc1ccccc1-c1ccccc1-c1cc(-c2ccc3sc4ccccc4c3c2)cc(-c2ccc3sc4ccccc4c3c2)c1. The highest BCUT2D eigenvalue weighted by atomic mass is 32.1. The molecule has 0 saturated heterocycles. The molecule has 214 valence electrons. The summed E-state index contributed by atoms with van der Waals surface area (Å²) in [6, 6.07) is 56.8. The predicted molar refractivity (Wildman–Crippen MR) is 199 cm³/mol. The molecule has 0 bridgehead atoms. The zero-order valence-corrected chi connectivity index (χ0v) is 26.3. The van der Waals surface area contributed by atoms with Gasteiger partial charge in [0.2, 0.25) is 0 Å². The third kappa shape index (κ3) is 4.43. The van der Waals surface area contributed by atoms with Crippen LogP contribution in [0.15, 0.2) is 152 Å². The van der Waals surface area contributed by atoms with Crippen molar-refractivity contribution in [3.8, 4) is 50.6 Å². The normalized spacial score (nSPS) is 11.5. The van der Waals surface area contributed by atoms with Crippen LogP contribution >= 0.6 is 22.7 Å². The van der Waals surface area contributed by atoms with Gasteiger partial charge in [-0.15, -0.1) is 22.7 Å². The number of benzene rings is 7. The van der Waals surface area contributed by atoms with Gasteiger partial charge >= 0.3 is 0 Å². The van der Waals surface area contributed by atoms with Crippen molar-refractivity contribution in [2.75, 3.05) is 0 Å². The highest BCUT2D eigenvalue weighted by Crippen LogP contribution is 2.42. The van der Waals surface area contributed by atoms with Crippen LogP contribution in [0, 0.1) is 11.3 Å². The molecule has 0 unspecified atom stereocenters. The molecule has 0 fully saturated rings. The monoisotopic (exact) mass is 619 g/mol. The summed E-state index contributed by atoms with van der Waals surface area (Å²) in [6.07, 6.45) is 0. The third-order valence-electron chi connectivity index (χ3n) is 8.93. The summed E-state index contributed by atoms with van der Waals surface area (Å²) in [7, 11) is 0. The maximum atomic E-state index is 9.97. The molecule has 0 saturated carbocycles. The molecule has 1 nitrogen and oxygen atoms in total. The molecule has 46 heavy (non-hydrogen) atoms. The smallest absolute Gasteiger partial charge is 0.0998 e. The average molecular weight is 620 g/mol. The Morgan fingerprint density at radius 3 is 1.39 bits per heavy atom. The van der Waals surface area contributed by atoms with E-state index in [1.54, 1.807) is 0 Å². The second-order valence-electron chi connectivity index (χ2n) is 11.6. The van der Waals surface area contributed by atoms with Gasteiger partial charge in [0.1, 0.15) is 0 Å². The van der Waals surface area contributed by atoms with Crippen molar-refractivity contribution >= 4 is 63.0 Å². The molecule has 0 aliphatic carbocycles. The van der Waals surface area contributed by atoms with E-state index in [2.05, 4.69) is 133 Å². The third-order valence-corrected chi connectivity index (χ3v) is 11.2. The van der Waals surface area contributed by atoms with Gasteiger partial charge in [-0.1, -0.05) is 91.0 Å². The Labute approximate surface area is 274 Å². The van der Waals surface area contributed by atoms with Gasteiger partial charge in [0.25, 0.3) is 0 Å². The fourth-order valence-corrected chi connectivity index (χ4v) is 8.89. The highest BCUT2D eigenvalue weighted by Gasteiger charge is 2.15. The molecule has 0 radical (unpaired) electrons. The molecule has 0 aliphatic rings. The molecule has 2 heterocycles. The lowest BCUT2D eigenvalue weighted by Crippen LogP contribution is -1.91. The van der Waals surface area contributed by atoms with Crippen molar-refractivity contribution in [1.82, 2.24) is 0 Å². The van der Waals surface area contributed by atoms with E-state index in [1.807, 2.05) is 46.9 Å². The molecule has 0 atom stereocenters. The van der Waals surface area contributed by atoms with Crippen molar-refractivity contribution < 1.29 is 0 Å². The van der Waals surface area contributed by atoms with Gasteiger partial charge in [0.05, 0.1) is 11.6 Å². The Balaban J connectivity index is 1.29. The van der Waals surface area contributed by atoms with Crippen LogP contribution in [0.5, 0.6) is 0 Å². The molecule has 3 heteroatoms. The average Bonchev–Trinajstić information content (AvgIpc) is 3.69. The quantitative estimate of drug-likeness (QED) is 0.192. The van der Waals surface area contributed by atoms with E-state index in [0.717, 1.165) is 22.3 Å². The largest absolute Gasteiger partial charge is 0.192 e. The summed E-state index contributed by atoms with van der Waals surface area (Å²) in [5, 5.41) is 15.1. The second kappa shape index (κ2) is 10.8. The van der Waals surface area contributed by atoms with E-state index in [-0.39, 0.29) is 0 Å². The molecule has 9 aromatic rings. The van der Waals surface area contributed by atoms with E-state index >= 15 is 0 Å². The fraction of sp³-hybridized carbons (Fsp3) is 0. The van der Waals surface area contributed by atoms with E-state index in [9.17, 15) is 5.26 Å². The number of rotatable bonds is 4. The molecule has 9 rings (SSSR count). The molecule has 2 aromatic heterocycles. The van der Waals surface area contributed by atoms with E-state index in [4.69, 9.17) is 0 Å². The minimum atomic E-state index is 0.677. The van der Waals surface area contributed by atoms with Crippen LogP contribution in [0.4, 0.5) is 0 Å². The summed E-state index contributed by atoms with van der Waals surface area (Å²) in [4.78, 5) is 0. The summed E-state index contributed by atoms with van der Waals surface area (Å²) in [5.74, 6) is 0. The number of thiophene rings is 2. The van der Waals surface area contributed by atoms with Gasteiger partial charge < -0.3 is 0 Å². The van der Waals surface area contributed by atoms with Crippen LogP contribution in [-0.2, 0) is 0 Å². The Morgan fingerprint density at radius 2 is 0.804 bits per heavy atom. The summed E-state index contributed by atoms with van der Waals surface area (Å²) in [5.41, 5.74) is 9.64. The fourth-order valence-electron chi connectivity index (χ4n) is 6.71. The van der Waals surface area contributed by atoms with Gasteiger partial charge in [-0.25, -0.2) is 0 Å². The van der Waals surface area contributed by atoms with Crippen molar-refractivity contribution in [3.63, 3.8) is 0 Å². The van der Waals surface area contributed by atoms with Crippen molar-refractivity contribution in [2.45, 2.75) is 0 Å². The van der Waals surface area contributed by atoms with Gasteiger partial charge in [0, 0.05) is 45.9 Å². The number of nitrogens with zero attached hydrogens (tertiary/aromatic N) is 1. The van der Waals surface area contributed by atoms with Crippen LogP contribution in [0.1, 0.15) is 5.56 Å². The summed E-state index contributed by atoms with van der Waals surface area (Å²) in [6.45, 7) is 0. The lowest BCUT2D eigenvalue weighted by Gasteiger charge is -2.15. The van der Waals surface area contributed by atoms with Crippen LogP contribution in [0.3, 0.4) is 0 Å². The Bertz CT molecular complexity index is 2530. The van der Waals surface area contributed by atoms with Crippen LogP contribution in [0.2, 0.25) is 0 Å². The first-order valence-corrected chi connectivity index (χ1v) is 16.9. The van der Waals surface area contributed by atoms with E-state index < -0.39 is 0 Å². The first-order valence-electron chi connectivity index (χ1n) is 15.3. The van der Waals surface area contributed by atoms with Crippen LogP contribution < -0.4 is 0 Å². The molecular weight excluding hydrogens is 595 g/mol. The van der Waals surface area contributed by atoms with E-state index in [0.29, 0.717) is 5.56 Å². The Morgan fingerprint density at radius 1 is 0.348 bits per heavy atom. The summed E-state index contributed by atoms with van der Waals surface area (Å²) < 4.78 is 5.22. The molecule has 0 amide bonds. The second-order valence-corrected chi connectivity index (χ2v) is 13.8. The van der Waals surface area contributed by atoms with Crippen molar-refractivity contribution in [3.05, 3.63) is 157 Å². The molecule has 7 aromatic carbocycles. The zero-order chi connectivity index (χ0) is 30.6. The van der Waals surface area contributed by atoms with Gasteiger partial charge in [-0.05, 0) is 99.6 Å². The maximum absolute atomic E-state index is 9.97. The van der Waals surface area contributed by atoms with Crippen molar-refractivity contribution in [1.29, 1.82) is 5.26 Å². The molecule has 0 aliphatic heterocycles. The standard InChI is InChI=1S/C43H25NS2/c44-26-29-9-1-2-10-33(29)35-12-4-3-11-34(35)32-22-30(27-17-19-42-38(24-27)36-13-5-7-15-40(36)45-42)21-31(23-32)28-18-20-43-39(25-28)37-14-6-8-16-41(37)46-43/h1-25H. The number of hydrogen-bond acceptors (Lipinski definition) is 3. The molecule has 0 spiro atoms. The predicted octanol–water partition coefficient (Wildman–Crippen LogP) is 13.0. The topological polar surface area (TPSA) is 23.8 Å². The Hall–Kier alpha value is -5.53. The first-order chi connectivity index (χ1) is 22.7. The number of hydrogen-bond donors (Lipinski definition) is 0. The maximum Gasteiger partial charge on any atom is 0.0998 e. The lowest BCUT2D eigenvalue weighted by atomic mass is 9.88.